The first-order valence-electron chi connectivity index (χ1n) is 6.49. The maximum atomic E-state index is 4.34. The summed E-state index contributed by atoms with van der Waals surface area (Å²) in [6, 6.07) is 11.2. The monoisotopic (exact) mass is 243 g/mol. The van der Waals surface area contributed by atoms with Crippen molar-refractivity contribution in [2.75, 3.05) is 7.05 Å². The summed E-state index contributed by atoms with van der Waals surface area (Å²) in [5.41, 5.74) is 3.88. The third-order valence-corrected chi connectivity index (χ3v) is 3.42. The Kier molecular flexibility index (Phi) is 4.15. The molecule has 0 saturated carbocycles. The van der Waals surface area contributed by atoms with E-state index in [9.17, 15) is 0 Å². The van der Waals surface area contributed by atoms with Crippen molar-refractivity contribution in [1.29, 1.82) is 0 Å². The van der Waals surface area contributed by atoms with E-state index in [1.165, 1.54) is 16.8 Å². The Balaban J connectivity index is 2.15. The number of rotatable bonds is 5. The predicted octanol–water partition coefficient (Wildman–Crippen LogP) is 2.71. The number of nitrogens with zero attached hydrogens (tertiary/aromatic N) is 2. The van der Waals surface area contributed by atoms with Crippen molar-refractivity contribution in [2.45, 2.75) is 32.9 Å². The molecule has 0 saturated heterocycles. The summed E-state index contributed by atoms with van der Waals surface area (Å²) in [6.07, 6.45) is 2.94. The van der Waals surface area contributed by atoms with Gasteiger partial charge in [0.15, 0.2) is 0 Å². The van der Waals surface area contributed by atoms with Gasteiger partial charge >= 0.3 is 0 Å². The van der Waals surface area contributed by atoms with E-state index in [0.717, 1.165) is 13.0 Å². The number of hydrogen-bond acceptors (Lipinski definition) is 2. The van der Waals surface area contributed by atoms with Gasteiger partial charge in [0.1, 0.15) is 0 Å². The number of aromatic nitrogens is 2. The maximum Gasteiger partial charge on any atom is 0.0607 e. The van der Waals surface area contributed by atoms with Gasteiger partial charge in [0.2, 0.25) is 0 Å². The van der Waals surface area contributed by atoms with E-state index in [1.54, 1.807) is 0 Å². The van der Waals surface area contributed by atoms with E-state index in [-0.39, 0.29) is 0 Å². The molecule has 1 atom stereocenters. The number of hydrogen-bond donors (Lipinski definition) is 1. The van der Waals surface area contributed by atoms with E-state index in [1.807, 2.05) is 24.0 Å². The first-order chi connectivity index (χ1) is 8.74. The summed E-state index contributed by atoms with van der Waals surface area (Å²) in [5, 5.41) is 7.70. The lowest BCUT2D eigenvalue weighted by molar-refractivity contribution is 0.461. The molecular weight excluding hydrogens is 222 g/mol. The highest BCUT2D eigenvalue weighted by Gasteiger charge is 2.11. The molecule has 1 aromatic heterocycles. The van der Waals surface area contributed by atoms with Gasteiger partial charge in [-0.25, -0.2) is 0 Å². The SMILES string of the molecule is CCc1ccc(C(Cn2nccc2C)NC)cc1. The van der Waals surface area contributed by atoms with Gasteiger partial charge in [0.25, 0.3) is 0 Å². The van der Waals surface area contributed by atoms with Crippen LogP contribution < -0.4 is 5.32 Å². The number of aryl methyl sites for hydroxylation is 2. The summed E-state index contributed by atoms with van der Waals surface area (Å²) in [6.45, 7) is 5.12. The highest BCUT2D eigenvalue weighted by atomic mass is 15.3. The fraction of sp³-hybridized carbons (Fsp3) is 0.400. The summed E-state index contributed by atoms with van der Waals surface area (Å²) in [4.78, 5) is 0. The predicted molar refractivity (Wildman–Crippen MR) is 74.6 cm³/mol. The van der Waals surface area contributed by atoms with Crippen LogP contribution in [0.1, 0.15) is 29.8 Å². The van der Waals surface area contributed by atoms with Crippen LogP contribution in [-0.2, 0) is 13.0 Å². The Hall–Kier alpha value is -1.61. The zero-order valence-corrected chi connectivity index (χ0v) is 11.4. The Morgan fingerprint density at radius 2 is 1.94 bits per heavy atom. The molecule has 1 aromatic carbocycles. The molecule has 18 heavy (non-hydrogen) atoms. The van der Waals surface area contributed by atoms with E-state index >= 15 is 0 Å². The lowest BCUT2D eigenvalue weighted by atomic mass is 10.0. The zero-order valence-electron chi connectivity index (χ0n) is 11.4. The van der Waals surface area contributed by atoms with Crippen molar-refractivity contribution in [3.63, 3.8) is 0 Å². The Morgan fingerprint density at radius 1 is 1.22 bits per heavy atom. The van der Waals surface area contributed by atoms with Crippen LogP contribution in [0.15, 0.2) is 36.5 Å². The minimum absolute atomic E-state index is 0.300. The van der Waals surface area contributed by atoms with E-state index < -0.39 is 0 Å². The van der Waals surface area contributed by atoms with Gasteiger partial charge in [-0.05, 0) is 37.6 Å². The minimum atomic E-state index is 0.300. The number of likely N-dealkylation sites (N-methyl/N-ethyl adjacent to an activating group) is 1. The summed E-state index contributed by atoms with van der Waals surface area (Å²) in [5.74, 6) is 0. The van der Waals surface area contributed by atoms with Crippen LogP contribution in [0.25, 0.3) is 0 Å². The standard InChI is InChI=1S/C15H21N3/c1-4-13-5-7-14(8-6-13)15(16-3)11-18-12(2)9-10-17-18/h5-10,15-16H,4,11H2,1-3H3. The Labute approximate surface area is 109 Å². The molecule has 2 rings (SSSR count). The topological polar surface area (TPSA) is 29.9 Å². The lowest BCUT2D eigenvalue weighted by Crippen LogP contribution is -2.23. The molecule has 3 heteroatoms. The first kappa shape index (κ1) is 12.8. The highest BCUT2D eigenvalue weighted by molar-refractivity contribution is 5.25. The molecule has 0 aliphatic heterocycles. The Morgan fingerprint density at radius 3 is 2.44 bits per heavy atom. The smallest absolute Gasteiger partial charge is 0.0607 e. The van der Waals surface area contributed by atoms with Crippen LogP contribution in [-0.4, -0.2) is 16.8 Å². The second-order valence-electron chi connectivity index (χ2n) is 4.59. The van der Waals surface area contributed by atoms with E-state index in [0.29, 0.717) is 6.04 Å². The molecular formula is C15H21N3. The van der Waals surface area contributed by atoms with Crippen LogP contribution in [0, 0.1) is 6.92 Å². The quantitative estimate of drug-likeness (QED) is 0.875. The molecule has 96 valence electrons. The van der Waals surface area contributed by atoms with Crippen molar-refractivity contribution >= 4 is 0 Å². The minimum Gasteiger partial charge on any atom is -0.311 e. The van der Waals surface area contributed by atoms with Crippen LogP contribution in [0.5, 0.6) is 0 Å². The fourth-order valence-electron chi connectivity index (χ4n) is 2.11. The van der Waals surface area contributed by atoms with Crippen molar-refractivity contribution < 1.29 is 0 Å². The van der Waals surface area contributed by atoms with Crippen LogP contribution in [0.3, 0.4) is 0 Å². The molecule has 1 N–H and O–H groups in total. The fourth-order valence-corrected chi connectivity index (χ4v) is 2.11. The van der Waals surface area contributed by atoms with Gasteiger partial charge in [-0.3, -0.25) is 4.68 Å². The van der Waals surface area contributed by atoms with E-state index in [4.69, 9.17) is 0 Å². The Bertz CT molecular complexity index is 485. The van der Waals surface area contributed by atoms with Crippen LogP contribution in [0.2, 0.25) is 0 Å². The van der Waals surface area contributed by atoms with Crippen molar-refractivity contribution in [3.8, 4) is 0 Å². The molecule has 0 radical (unpaired) electrons. The highest BCUT2D eigenvalue weighted by Crippen LogP contribution is 2.16. The molecule has 0 bridgehead atoms. The second-order valence-corrected chi connectivity index (χ2v) is 4.59. The van der Waals surface area contributed by atoms with Gasteiger partial charge in [-0.15, -0.1) is 0 Å². The molecule has 0 fully saturated rings. The average molecular weight is 243 g/mol. The molecule has 0 aliphatic carbocycles. The normalized spacial score (nSPS) is 12.6. The van der Waals surface area contributed by atoms with Crippen LogP contribution in [0.4, 0.5) is 0 Å². The second kappa shape index (κ2) is 5.83. The van der Waals surface area contributed by atoms with Crippen LogP contribution >= 0.6 is 0 Å². The molecule has 0 aliphatic rings. The van der Waals surface area contributed by atoms with Crippen molar-refractivity contribution in [3.05, 3.63) is 53.3 Å². The molecule has 2 aromatic rings. The maximum absolute atomic E-state index is 4.34. The molecule has 1 heterocycles. The number of benzene rings is 1. The third-order valence-electron chi connectivity index (χ3n) is 3.42. The van der Waals surface area contributed by atoms with Gasteiger partial charge in [-0.1, -0.05) is 31.2 Å². The third kappa shape index (κ3) is 2.79. The average Bonchev–Trinajstić information content (AvgIpc) is 2.81. The summed E-state index contributed by atoms with van der Waals surface area (Å²) < 4.78 is 2.04. The van der Waals surface area contributed by atoms with Gasteiger partial charge in [-0.2, -0.15) is 5.10 Å². The van der Waals surface area contributed by atoms with Gasteiger partial charge in [0.05, 0.1) is 12.6 Å². The first-order valence-corrected chi connectivity index (χ1v) is 6.49. The molecule has 1 unspecified atom stereocenters. The molecule has 0 spiro atoms. The largest absolute Gasteiger partial charge is 0.311 e. The van der Waals surface area contributed by atoms with Crippen molar-refractivity contribution in [1.82, 2.24) is 15.1 Å². The number of nitrogens with one attached hydrogen (secondary N) is 1. The lowest BCUT2D eigenvalue weighted by Gasteiger charge is -2.18. The van der Waals surface area contributed by atoms with E-state index in [2.05, 4.69) is 48.5 Å². The zero-order chi connectivity index (χ0) is 13.0. The van der Waals surface area contributed by atoms with Gasteiger partial charge in [0, 0.05) is 11.9 Å². The van der Waals surface area contributed by atoms with Crippen molar-refractivity contribution in [2.24, 2.45) is 0 Å². The summed E-state index contributed by atoms with van der Waals surface area (Å²) in [7, 11) is 2.00. The van der Waals surface area contributed by atoms with Gasteiger partial charge < -0.3 is 5.32 Å². The summed E-state index contributed by atoms with van der Waals surface area (Å²) >= 11 is 0. The molecule has 0 amide bonds. The molecule has 3 nitrogen and oxygen atoms in total.